The van der Waals surface area contributed by atoms with Crippen molar-refractivity contribution in [2.75, 3.05) is 0 Å². The first-order chi connectivity index (χ1) is 3.93. The van der Waals surface area contributed by atoms with E-state index < -0.39 is 0 Å². The third-order valence-corrected chi connectivity index (χ3v) is 1.13. The van der Waals surface area contributed by atoms with Crippen LogP contribution in [0, 0.1) is 0 Å². The zero-order valence-electron chi connectivity index (χ0n) is 6.18. The number of quaternary nitrogens is 1. The van der Waals surface area contributed by atoms with Gasteiger partial charge in [-0.25, -0.2) is 0 Å². The Kier molecular flexibility index (Phi) is 9.92. The summed E-state index contributed by atoms with van der Waals surface area (Å²) < 4.78 is 0. The summed E-state index contributed by atoms with van der Waals surface area (Å²) in [4.78, 5) is 0. The number of benzene rings is 1. The van der Waals surface area contributed by atoms with Crippen LogP contribution in [0.2, 0.25) is 0 Å². The molecule has 0 unspecified atom stereocenters. The molecule has 0 saturated heterocycles. The van der Waals surface area contributed by atoms with Crippen LogP contribution < -0.4 is 18.1 Å². The molecule has 3 heteroatoms. The summed E-state index contributed by atoms with van der Waals surface area (Å²) in [6.07, 6.45) is 0. The molecule has 1 aromatic carbocycles. The molecular weight excluding hydrogens is 157 g/mol. The first-order valence-corrected chi connectivity index (χ1v) is 2.76. The maximum absolute atomic E-state index is 3.76. The van der Waals surface area contributed by atoms with Crippen LogP contribution in [0.15, 0.2) is 30.3 Å². The minimum absolute atomic E-state index is 0. The fourth-order valence-corrected chi connectivity index (χ4v) is 0.645. The standard InChI is InChI=1S/C7H9N.ClH.Na/c8-6-7-4-2-1-3-5-7;;/h1-5H,6,8H2;1H;. The van der Waals surface area contributed by atoms with Crippen LogP contribution >= 0.6 is 0 Å². The Bertz CT molecular complexity index is 155. The first kappa shape index (κ1) is 13.1. The summed E-state index contributed by atoms with van der Waals surface area (Å²) in [7, 11) is 0. The molecule has 0 atom stereocenters. The Balaban J connectivity index is 0. The van der Waals surface area contributed by atoms with Crippen molar-refractivity contribution in [3.63, 3.8) is 0 Å². The summed E-state index contributed by atoms with van der Waals surface area (Å²) in [5, 5.41) is 0. The van der Waals surface area contributed by atoms with Gasteiger partial charge in [-0.05, 0) is 0 Å². The molecule has 0 spiro atoms. The molecule has 10 heavy (non-hydrogen) atoms. The van der Waals surface area contributed by atoms with Gasteiger partial charge in [-0.15, -0.1) is 0 Å². The molecule has 0 aliphatic heterocycles. The molecule has 0 aromatic heterocycles. The largest absolute Gasteiger partial charge is 1.00 e. The molecule has 0 aliphatic carbocycles. The average Bonchev–Trinajstić information content (AvgIpc) is 1.90. The molecule has 1 aromatic rings. The van der Waals surface area contributed by atoms with Gasteiger partial charge in [0.1, 0.15) is 0 Å². The minimum Gasteiger partial charge on any atom is -1.00 e. The van der Waals surface area contributed by atoms with Crippen molar-refractivity contribution in [1.29, 1.82) is 0 Å². The van der Waals surface area contributed by atoms with Gasteiger partial charge in [0.05, 0.1) is 6.54 Å². The van der Waals surface area contributed by atoms with Crippen molar-refractivity contribution in [1.82, 2.24) is 0 Å². The number of hydrogen-bond acceptors (Lipinski definition) is 0. The molecule has 0 bridgehead atoms. The van der Waals surface area contributed by atoms with Crippen LogP contribution in [0.4, 0.5) is 0 Å². The maximum Gasteiger partial charge on any atom is 0.0997 e. The molecular formula is C7H10ClNNa. The van der Waals surface area contributed by atoms with Crippen LogP contribution in [-0.4, -0.2) is 29.6 Å². The van der Waals surface area contributed by atoms with Crippen molar-refractivity contribution in [3.8, 4) is 0 Å². The molecule has 0 heterocycles. The fourth-order valence-electron chi connectivity index (χ4n) is 0.645. The molecule has 1 rings (SSSR count). The molecule has 0 saturated carbocycles. The van der Waals surface area contributed by atoms with Gasteiger partial charge >= 0.3 is 0 Å². The zero-order valence-corrected chi connectivity index (χ0v) is 8.93. The van der Waals surface area contributed by atoms with Gasteiger partial charge in [0, 0.05) is 35.1 Å². The zero-order chi connectivity index (χ0) is 5.82. The smallest absolute Gasteiger partial charge is 0.0997 e. The third-order valence-electron chi connectivity index (χ3n) is 1.13. The van der Waals surface area contributed by atoms with Crippen LogP contribution in [-0.2, 0) is 6.54 Å². The van der Waals surface area contributed by atoms with Gasteiger partial charge in [0.25, 0.3) is 0 Å². The van der Waals surface area contributed by atoms with Gasteiger partial charge in [-0.3, -0.25) is 0 Å². The van der Waals surface area contributed by atoms with E-state index >= 15 is 0 Å². The second kappa shape index (κ2) is 7.58. The quantitative estimate of drug-likeness (QED) is 0.433. The molecule has 3 N–H and O–H groups in total. The van der Waals surface area contributed by atoms with Crippen molar-refractivity contribution >= 4 is 29.6 Å². The van der Waals surface area contributed by atoms with Crippen LogP contribution in [0.1, 0.15) is 5.56 Å². The predicted molar refractivity (Wildman–Crippen MR) is 38.8 cm³/mol. The Labute approximate surface area is 89.7 Å². The second-order valence-electron chi connectivity index (χ2n) is 1.74. The number of halogens is 1. The Morgan fingerprint density at radius 2 is 1.60 bits per heavy atom. The summed E-state index contributed by atoms with van der Waals surface area (Å²) in [6.45, 7) is 0.890. The van der Waals surface area contributed by atoms with E-state index in [4.69, 9.17) is 0 Å². The summed E-state index contributed by atoms with van der Waals surface area (Å²) in [6, 6.07) is 10.2. The van der Waals surface area contributed by atoms with Gasteiger partial charge in [0.15, 0.2) is 0 Å². The van der Waals surface area contributed by atoms with E-state index in [0.717, 1.165) is 6.54 Å². The third kappa shape index (κ3) is 4.31. The van der Waals surface area contributed by atoms with Gasteiger partial charge in [-0.2, -0.15) is 0 Å². The second-order valence-corrected chi connectivity index (χ2v) is 1.74. The molecule has 51 valence electrons. The average molecular weight is 167 g/mol. The van der Waals surface area contributed by atoms with Crippen LogP contribution in [0.3, 0.4) is 0 Å². The fraction of sp³-hybridized carbons (Fsp3) is 0.143. The monoisotopic (exact) mass is 166 g/mol. The first-order valence-electron chi connectivity index (χ1n) is 2.76. The van der Waals surface area contributed by atoms with E-state index in [0.29, 0.717) is 0 Å². The normalized spacial score (nSPS) is 7.30. The Morgan fingerprint density at radius 3 is 1.90 bits per heavy atom. The van der Waals surface area contributed by atoms with E-state index in [1.165, 1.54) is 5.56 Å². The molecule has 1 radical (unpaired) electrons. The summed E-state index contributed by atoms with van der Waals surface area (Å²) >= 11 is 0. The molecule has 0 aliphatic rings. The molecule has 0 fully saturated rings. The SMILES string of the molecule is [Cl-].[NH3+]Cc1ccccc1.[Na]. The van der Waals surface area contributed by atoms with E-state index in [1.807, 2.05) is 18.2 Å². The van der Waals surface area contributed by atoms with E-state index in [9.17, 15) is 0 Å². The van der Waals surface area contributed by atoms with Crippen LogP contribution in [0.5, 0.6) is 0 Å². The summed E-state index contributed by atoms with van der Waals surface area (Å²) in [5.41, 5.74) is 5.05. The molecule has 0 amide bonds. The van der Waals surface area contributed by atoms with Crippen molar-refractivity contribution in [3.05, 3.63) is 35.9 Å². The van der Waals surface area contributed by atoms with Gasteiger partial charge in [-0.1, -0.05) is 30.3 Å². The minimum atomic E-state index is 0. The van der Waals surface area contributed by atoms with Crippen LogP contribution in [0.25, 0.3) is 0 Å². The van der Waals surface area contributed by atoms with Crippen molar-refractivity contribution in [2.45, 2.75) is 6.54 Å². The number of rotatable bonds is 1. The predicted octanol–water partition coefficient (Wildman–Crippen LogP) is -2.95. The van der Waals surface area contributed by atoms with Crippen molar-refractivity contribution in [2.24, 2.45) is 0 Å². The van der Waals surface area contributed by atoms with Gasteiger partial charge in [0.2, 0.25) is 0 Å². The van der Waals surface area contributed by atoms with E-state index in [1.54, 1.807) is 0 Å². The van der Waals surface area contributed by atoms with Crippen molar-refractivity contribution < 1.29 is 18.1 Å². The Hall–Kier alpha value is 0.470. The van der Waals surface area contributed by atoms with E-state index in [-0.39, 0.29) is 42.0 Å². The Morgan fingerprint density at radius 1 is 1.10 bits per heavy atom. The van der Waals surface area contributed by atoms with E-state index in [2.05, 4.69) is 17.9 Å². The number of hydrogen-bond donors (Lipinski definition) is 1. The van der Waals surface area contributed by atoms with Gasteiger partial charge < -0.3 is 18.1 Å². The maximum atomic E-state index is 3.76. The molecule has 1 nitrogen and oxygen atoms in total. The summed E-state index contributed by atoms with van der Waals surface area (Å²) in [5.74, 6) is 0. The topological polar surface area (TPSA) is 27.6 Å².